The van der Waals surface area contributed by atoms with E-state index >= 15 is 0 Å². The van der Waals surface area contributed by atoms with Crippen molar-refractivity contribution in [3.63, 3.8) is 0 Å². The van der Waals surface area contributed by atoms with Gasteiger partial charge in [-0.15, -0.1) is 0 Å². The van der Waals surface area contributed by atoms with Crippen molar-refractivity contribution in [1.82, 2.24) is 10.6 Å². The molecule has 0 heterocycles. The lowest BCUT2D eigenvalue weighted by Gasteiger charge is -2.07. The summed E-state index contributed by atoms with van der Waals surface area (Å²) in [6, 6.07) is 4.87. The van der Waals surface area contributed by atoms with Gasteiger partial charge in [-0.1, -0.05) is 6.07 Å². The van der Waals surface area contributed by atoms with E-state index in [1.165, 1.54) is 0 Å². The minimum Gasteiger partial charge on any atom is -0.355 e. The summed E-state index contributed by atoms with van der Waals surface area (Å²) in [6.45, 7) is 2.65. The minimum absolute atomic E-state index is 0.274. The summed E-state index contributed by atoms with van der Waals surface area (Å²) in [7, 11) is 0. The van der Waals surface area contributed by atoms with Gasteiger partial charge < -0.3 is 10.6 Å². The lowest BCUT2D eigenvalue weighted by Crippen LogP contribution is -2.24. The normalized spacial score (nSPS) is 9.47. The van der Waals surface area contributed by atoms with E-state index in [1.807, 2.05) is 0 Å². The third-order valence-corrected chi connectivity index (χ3v) is 2.21. The molecule has 17 heavy (non-hydrogen) atoms. The number of nitrogens with one attached hydrogen (secondary N) is 2. The Morgan fingerprint density at radius 2 is 2.12 bits per heavy atom. The van der Waals surface area contributed by atoms with E-state index in [9.17, 15) is 14.4 Å². The topological polar surface area (TPSA) is 75.3 Å². The molecule has 0 aliphatic heterocycles. The quantitative estimate of drug-likeness (QED) is 0.703. The minimum atomic E-state index is -0.274. The van der Waals surface area contributed by atoms with Gasteiger partial charge in [0.05, 0.1) is 0 Å². The van der Waals surface area contributed by atoms with Crippen molar-refractivity contribution in [3.05, 3.63) is 34.9 Å². The van der Waals surface area contributed by atoms with E-state index in [0.29, 0.717) is 36.9 Å². The molecule has 1 aromatic rings. The van der Waals surface area contributed by atoms with Gasteiger partial charge in [-0.05, 0) is 24.6 Å². The van der Waals surface area contributed by atoms with Crippen molar-refractivity contribution in [2.45, 2.75) is 13.5 Å². The molecule has 0 saturated carbocycles. The molecule has 0 radical (unpaired) electrons. The van der Waals surface area contributed by atoms with Crippen LogP contribution < -0.4 is 10.6 Å². The van der Waals surface area contributed by atoms with E-state index < -0.39 is 0 Å². The number of hydrogen-bond donors (Lipinski definition) is 2. The number of amides is 2. The van der Waals surface area contributed by atoms with Crippen molar-refractivity contribution in [2.75, 3.05) is 6.54 Å². The molecule has 5 heteroatoms. The molecule has 0 aromatic heterocycles. The van der Waals surface area contributed by atoms with Crippen molar-refractivity contribution in [1.29, 1.82) is 0 Å². The highest BCUT2D eigenvalue weighted by molar-refractivity contribution is 6.01. The van der Waals surface area contributed by atoms with Crippen LogP contribution in [0.1, 0.15) is 33.2 Å². The first kappa shape index (κ1) is 12.9. The van der Waals surface area contributed by atoms with E-state index in [4.69, 9.17) is 0 Å². The molecule has 1 rings (SSSR count). The highest BCUT2D eigenvalue weighted by atomic mass is 16.2. The second-order valence-electron chi connectivity index (χ2n) is 3.40. The summed E-state index contributed by atoms with van der Waals surface area (Å²) >= 11 is 0. The Kier molecular flexibility index (Phi) is 4.87. The van der Waals surface area contributed by atoms with E-state index in [2.05, 4.69) is 10.6 Å². The van der Waals surface area contributed by atoms with Crippen molar-refractivity contribution >= 4 is 18.6 Å². The third-order valence-electron chi connectivity index (χ3n) is 2.21. The Morgan fingerprint density at radius 3 is 2.71 bits per heavy atom. The molecule has 0 unspecified atom stereocenters. The fourth-order valence-electron chi connectivity index (χ4n) is 1.44. The van der Waals surface area contributed by atoms with Gasteiger partial charge >= 0.3 is 0 Å². The van der Waals surface area contributed by atoms with E-state index in [0.717, 1.165) is 5.56 Å². The Morgan fingerprint density at radius 1 is 1.35 bits per heavy atom. The summed E-state index contributed by atoms with van der Waals surface area (Å²) in [4.78, 5) is 32.6. The van der Waals surface area contributed by atoms with Crippen LogP contribution in [0.4, 0.5) is 0 Å². The Labute approximate surface area is 99.2 Å². The molecule has 0 atom stereocenters. The van der Waals surface area contributed by atoms with Crippen molar-refractivity contribution in [3.8, 4) is 0 Å². The number of rotatable bonds is 6. The predicted octanol–water partition coefficient (Wildman–Crippen LogP) is 0.495. The van der Waals surface area contributed by atoms with E-state index in [1.54, 1.807) is 25.1 Å². The average molecular weight is 234 g/mol. The molecular weight excluding hydrogens is 220 g/mol. The van der Waals surface area contributed by atoms with Crippen LogP contribution >= 0.6 is 0 Å². The van der Waals surface area contributed by atoms with Crippen LogP contribution in [0, 0.1) is 0 Å². The molecule has 2 amide bonds. The zero-order valence-electron chi connectivity index (χ0n) is 9.53. The Balaban J connectivity index is 2.96. The van der Waals surface area contributed by atoms with Crippen LogP contribution in [0.15, 0.2) is 18.2 Å². The van der Waals surface area contributed by atoms with Gasteiger partial charge in [-0.2, -0.15) is 0 Å². The smallest absolute Gasteiger partial charge is 0.251 e. The molecule has 0 fully saturated rings. The van der Waals surface area contributed by atoms with Gasteiger partial charge in [0.25, 0.3) is 5.91 Å². The highest BCUT2D eigenvalue weighted by Crippen LogP contribution is 2.10. The first-order valence-corrected chi connectivity index (χ1v) is 5.26. The summed E-state index contributed by atoms with van der Waals surface area (Å²) in [5, 5.41) is 5.12. The molecule has 0 spiro atoms. The molecule has 0 aliphatic rings. The summed E-state index contributed by atoms with van der Waals surface area (Å²) in [5.41, 5.74) is 1.44. The molecule has 0 bridgehead atoms. The fraction of sp³-hybridized carbons (Fsp3) is 0.250. The van der Waals surface area contributed by atoms with Gasteiger partial charge in [0.1, 0.15) is 0 Å². The highest BCUT2D eigenvalue weighted by Gasteiger charge is 2.10. The molecule has 2 N–H and O–H groups in total. The average Bonchev–Trinajstić information content (AvgIpc) is 2.36. The van der Waals surface area contributed by atoms with Crippen LogP contribution in [0.2, 0.25) is 0 Å². The molecule has 0 saturated heterocycles. The van der Waals surface area contributed by atoms with Crippen LogP contribution in [-0.4, -0.2) is 25.1 Å². The van der Waals surface area contributed by atoms with Crippen molar-refractivity contribution in [2.24, 2.45) is 0 Å². The molecular formula is C12H14N2O3. The third kappa shape index (κ3) is 3.41. The van der Waals surface area contributed by atoms with E-state index in [-0.39, 0.29) is 5.91 Å². The van der Waals surface area contributed by atoms with Gasteiger partial charge in [0.15, 0.2) is 6.29 Å². The first-order valence-electron chi connectivity index (χ1n) is 5.26. The maximum Gasteiger partial charge on any atom is 0.251 e. The standard InChI is InChI=1S/C12H14N2O3/c1-2-14-12(17)11-4-3-9(6-13-8-16)5-10(11)7-15/h3-5,7-8H,2,6H2,1H3,(H,13,16)(H,14,17). The van der Waals surface area contributed by atoms with Crippen LogP contribution in [0.5, 0.6) is 0 Å². The van der Waals surface area contributed by atoms with Crippen LogP contribution in [0.3, 0.4) is 0 Å². The summed E-state index contributed by atoms with van der Waals surface area (Å²) < 4.78 is 0. The Bertz CT molecular complexity index is 430. The number of aldehydes is 1. The predicted molar refractivity (Wildman–Crippen MR) is 62.7 cm³/mol. The van der Waals surface area contributed by atoms with Gasteiger partial charge in [-0.3, -0.25) is 14.4 Å². The molecule has 5 nitrogen and oxygen atoms in total. The maximum absolute atomic E-state index is 11.6. The SMILES string of the molecule is CCNC(=O)c1ccc(CNC=O)cc1C=O. The van der Waals surface area contributed by atoms with Crippen LogP contribution in [0.25, 0.3) is 0 Å². The second-order valence-corrected chi connectivity index (χ2v) is 3.40. The molecule has 1 aromatic carbocycles. The lowest BCUT2D eigenvalue weighted by atomic mass is 10.0. The number of hydrogen-bond acceptors (Lipinski definition) is 3. The monoisotopic (exact) mass is 234 g/mol. The lowest BCUT2D eigenvalue weighted by molar-refractivity contribution is -0.109. The second kappa shape index (κ2) is 6.42. The Hall–Kier alpha value is -2.17. The number of carbonyl (C=O) groups is 3. The van der Waals surface area contributed by atoms with Gasteiger partial charge in [0, 0.05) is 24.2 Å². The largest absolute Gasteiger partial charge is 0.355 e. The van der Waals surface area contributed by atoms with Gasteiger partial charge in [0.2, 0.25) is 6.41 Å². The molecule has 90 valence electrons. The summed E-state index contributed by atoms with van der Waals surface area (Å²) in [5.74, 6) is -0.274. The fourth-order valence-corrected chi connectivity index (χ4v) is 1.44. The first-order chi connectivity index (χ1) is 8.22. The summed E-state index contributed by atoms with van der Waals surface area (Å²) in [6.07, 6.45) is 1.22. The zero-order chi connectivity index (χ0) is 12.7. The number of benzene rings is 1. The van der Waals surface area contributed by atoms with Crippen LogP contribution in [-0.2, 0) is 11.3 Å². The van der Waals surface area contributed by atoms with Gasteiger partial charge in [-0.25, -0.2) is 0 Å². The maximum atomic E-state index is 11.6. The molecule has 0 aliphatic carbocycles. The zero-order valence-corrected chi connectivity index (χ0v) is 9.53. The van der Waals surface area contributed by atoms with Crippen molar-refractivity contribution < 1.29 is 14.4 Å². The number of carbonyl (C=O) groups excluding carboxylic acids is 3.